The first-order valence-corrected chi connectivity index (χ1v) is 12.2. The van der Waals surface area contributed by atoms with Gasteiger partial charge in [-0.2, -0.15) is 0 Å². The Morgan fingerprint density at radius 1 is 1.21 bits per heavy atom. The molecule has 0 spiro atoms. The van der Waals surface area contributed by atoms with Crippen LogP contribution in [0.15, 0.2) is 58.3 Å². The standard InChI is InChI=1S/C27H24O5S/c1-3-17(24-25(32-24)22-12-15-6-4-5-7-19(15)30-22)26-23(27(28)29)18(13-33-26)21-11-16-9-8-14(2)10-20(16)31-21/h4-10,12-13,17,21,24-25H,3,11H2,1-2H3,(H,28,29). The van der Waals surface area contributed by atoms with Crippen molar-refractivity contribution >= 4 is 28.3 Å². The van der Waals surface area contributed by atoms with Crippen molar-refractivity contribution < 1.29 is 23.8 Å². The molecule has 0 amide bonds. The smallest absolute Gasteiger partial charge is 0.337 e. The molecule has 0 saturated carbocycles. The van der Waals surface area contributed by atoms with Crippen LogP contribution in [0.2, 0.25) is 0 Å². The molecule has 2 aliphatic rings. The summed E-state index contributed by atoms with van der Waals surface area (Å²) in [5.41, 5.74) is 4.23. The zero-order chi connectivity index (χ0) is 22.7. The first kappa shape index (κ1) is 20.5. The summed E-state index contributed by atoms with van der Waals surface area (Å²) >= 11 is 1.51. The molecule has 2 aromatic carbocycles. The molecule has 2 aromatic heterocycles. The number of para-hydroxylation sites is 1. The van der Waals surface area contributed by atoms with Gasteiger partial charge in [-0.1, -0.05) is 37.3 Å². The van der Waals surface area contributed by atoms with E-state index in [4.69, 9.17) is 13.9 Å². The Morgan fingerprint density at radius 3 is 2.85 bits per heavy atom. The van der Waals surface area contributed by atoms with E-state index in [9.17, 15) is 9.90 Å². The molecule has 6 heteroatoms. The quantitative estimate of drug-likeness (QED) is 0.320. The van der Waals surface area contributed by atoms with Crippen molar-refractivity contribution in [3.63, 3.8) is 0 Å². The molecule has 5 nitrogen and oxygen atoms in total. The number of fused-ring (bicyclic) bond motifs is 2. The van der Waals surface area contributed by atoms with E-state index < -0.39 is 5.97 Å². The molecule has 4 aromatic rings. The number of epoxide rings is 1. The summed E-state index contributed by atoms with van der Waals surface area (Å²) in [5.74, 6) is 0.736. The van der Waals surface area contributed by atoms with Gasteiger partial charge >= 0.3 is 5.97 Å². The van der Waals surface area contributed by atoms with Gasteiger partial charge < -0.3 is 19.0 Å². The van der Waals surface area contributed by atoms with Crippen LogP contribution in [0.1, 0.15) is 69.2 Å². The predicted octanol–water partition coefficient (Wildman–Crippen LogP) is 6.81. The molecular weight excluding hydrogens is 436 g/mol. The van der Waals surface area contributed by atoms with Gasteiger partial charge in [-0.3, -0.25) is 0 Å². The number of rotatable bonds is 6. The Balaban J connectivity index is 1.29. The summed E-state index contributed by atoms with van der Waals surface area (Å²) in [4.78, 5) is 13.3. The Kier molecular flexibility index (Phi) is 4.82. The second kappa shape index (κ2) is 7.75. The first-order valence-electron chi connectivity index (χ1n) is 11.3. The van der Waals surface area contributed by atoms with Crippen molar-refractivity contribution in [1.29, 1.82) is 0 Å². The highest BCUT2D eigenvalue weighted by atomic mass is 32.1. The maximum absolute atomic E-state index is 12.4. The Morgan fingerprint density at radius 2 is 2.06 bits per heavy atom. The van der Waals surface area contributed by atoms with Gasteiger partial charge in [0, 0.05) is 28.2 Å². The molecule has 1 fully saturated rings. The average molecular weight is 461 g/mol. The van der Waals surface area contributed by atoms with E-state index in [2.05, 4.69) is 19.1 Å². The Labute approximate surface area is 195 Å². The maximum atomic E-state index is 12.4. The number of aryl methyl sites for hydroxylation is 1. The summed E-state index contributed by atoms with van der Waals surface area (Å²) in [6.07, 6.45) is 0.951. The number of carbonyl (C=O) groups is 1. The molecule has 0 radical (unpaired) electrons. The predicted molar refractivity (Wildman–Crippen MR) is 126 cm³/mol. The van der Waals surface area contributed by atoms with Crippen LogP contribution in [0.4, 0.5) is 0 Å². The molecule has 4 unspecified atom stereocenters. The fourth-order valence-electron chi connectivity index (χ4n) is 5.00. The van der Waals surface area contributed by atoms with Crippen LogP contribution in [0.25, 0.3) is 11.0 Å². The van der Waals surface area contributed by atoms with E-state index in [1.54, 1.807) is 0 Å². The second-order valence-electron chi connectivity index (χ2n) is 8.88. The molecule has 0 aliphatic carbocycles. The second-order valence-corrected chi connectivity index (χ2v) is 9.79. The van der Waals surface area contributed by atoms with E-state index in [1.807, 2.05) is 48.7 Å². The van der Waals surface area contributed by atoms with Gasteiger partial charge in [-0.25, -0.2) is 4.79 Å². The van der Waals surface area contributed by atoms with Crippen molar-refractivity contribution in [2.75, 3.05) is 0 Å². The molecule has 4 atom stereocenters. The number of carboxylic acids is 1. The minimum Gasteiger partial charge on any atom is -0.485 e. The van der Waals surface area contributed by atoms with Gasteiger partial charge in [0.1, 0.15) is 29.3 Å². The Bertz CT molecular complexity index is 1330. The third-order valence-electron chi connectivity index (χ3n) is 6.73. The normalized spacial score (nSPS) is 22.2. The molecule has 6 rings (SSSR count). The van der Waals surface area contributed by atoms with Crippen molar-refractivity contribution in [3.05, 3.63) is 86.8 Å². The van der Waals surface area contributed by atoms with Crippen LogP contribution < -0.4 is 4.74 Å². The summed E-state index contributed by atoms with van der Waals surface area (Å²) in [5, 5.41) is 13.2. The topological polar surface area (TPSA) is 72.2 Å². The van der Waals surface area contributed by atoms with Crippen molar-refractivity contribution in [3.8, 4) is 5.75 Å². The van der Waals surface area contributed by atoms with Crippen LogP contribution in [-0.4, -0.2) is 17.2 Å². The number of aromatic carboxylic acids is 1. The minimum absolute atomic E-state index is 0.0147. The Hall–Kier alpha value is -3.09. The van der Waals surface area contributed by atoms with Crippen molar-refractivity contribution in [1.82, 2.24) is 0 Å². The fraction of sp³-hybridized carbons (Fsp3) is 0.296. The van der Waals surface area contributed by atoms with Crippen LogP contribution in [0.3, 0.4) is 0 Å². The summed E-state index contributed by atoms with van der Waals surface area (Å²) in [6, 6.07) is 16.1. The highest BCUT2D eigenvalue weighted by molar-refractivity contribution is 7.10. The molecule has 168 valence electrons. The van der Waals surface area contributed by atoms with Crippen molar-refractivity contribution in [2.24, 2.45) is 0 Å². The van der Waals surface area contributed by atoms with Gasteiger partial charge in [0.15, 0.2) is 0 Å². The maximum Gasteiger partial charge on any atom is 0.337 e. The largest absolute Gasteiger partial charge is 0.485 e. The first-order chi connectivity index (χ1) is 16.0. The zero-order valence-electron chi connectivity index (χ0n) is 18.4. The zero-order valence-corrected chi connectivity index (χ0v) is 19.2. The number of furan rings is 1. The molecule has 4 heterocycles. The monoisotopic (exact) mass is 460 g/mol. The number of hydrogen-bond donors (Lipinski definition) is 1. The van der Waals surface area contributed by atoms with Gasteiger partial charge in [0.2, 0.25) is 0 Å². The average Bonchev–Trinajstić information content (AvgIpc) is 3.15. The fourth-order valence-corrected chi connectivity index (χ4v) is 6.32. The molecule has 2 aliphatic heterocycles. The number of thiophene rings is 1. The summed E-state index contributed by atoms with van der Waals surface area (Å²) in [7, 11) is 0. The molecule has 33 heavy (non-hydrogen) atoms. The molecule has 1 saturated heterocycles. The molecular formula is C27H24O5S. The number of ether oxygens (including phenoxy) is 2. The number of carboxylic acid groups (broad SMARTS) is 1. The van der Waals surface area contributed by atoms with E-state index in [-0.39, 0.29) is 24.2 Å². The minimum atomic E-state index is -0.906. The lowest BCUT2D eigenvalue weighted by Gasteiger charge is -2.15. The lowest BCUT2D eigenvalue weighted by molar-refractivity contribution is 0.0690. The van der Waals surface area contributed by atoms with E-state index in [0.717, 1.165) is 50.5 Å². The SMILES string of the molecule is CCC(c1scc(C2Cc3ccc(C)cc3O2)c1C(=O)O)C1OC1c1cc2ccccc2o1. The summed E-state index contributed by atoms with van der Waals surface area (Å²) < 4.78 is 18.3. The number of hydrogen-bond acceptors (Lipinski definition) is 5. The molecule has 1 N–H and O–H groups in total. The van der Waals surface area contributed by atoms with Gasteiger partial charge in [0.25, 0.3) is 0 Å². The van der Waals surface area contributed by atoms with E-state index in [1.165, 1.54) is 11.3 Å². The van der Waals surface area contributed by atoms with E-state index >= 15 is 0 Å². The third kappa shape index (κ3) is 3.45. The number of benzene rings is 2. The van der Waals surface area contributed by atoms with Gasteiger partial charge in [-0.05, 0) is 48.1 Å². The lowest BCUT2D eigenvalue weighted by atomic mass is 9.92. The van der Waals surface area contributed by atoms with Crippen LogP contribution in [0.5, 0.6) is 5.75 Å². The molecule has 0 bridgehead atoms. The van der Waals surface area contributed by atoms with Crippen LogP contribution in [0, 0.1) is 6.92 Å². The third-order valence-corrected chi connectivity index (χ3v) is 7.86. The van der Waals surface area contributed by atoms with Crippen molar-refractivity contribution in [2.45, 2.75) is 50.9 Å². The highest BCUT2D eigenvalue weighted by Gasteiger charge is 2.49. The van der Waals surface area contributed by atoms with Gasteiger partial charge in [0.05, 0.1) is 11.7 Å². The highest BCUT2D eigenvalue weighted by Crippen LogP contribution is 2.52. The lowest BCUT2D eigenvalue weighted by Crippen LogP contribution is -2.13. The van der Waals surface area contributed by atoms with Gasteiger partial charge in [-0.15, -0.1) is 11.3 Å². The van der Waals surface area contributed by atoms with Crippen LogP contribution in [-0.2, 0) is 11.2 Å². The van der Waals surface area contributed by atoms with E-state index in [0.29, 0.717) is 12.0 Å². The van der Waals surface area contributed by atoms with Crippen LogP contribution >= 0.6 is 11.3 Å². The summed E-state index contributed by atoms with van der Waals surface area (Å²) in [6.45, 7) is 4.11.